The van der Waals surface area contributed by atoms with Gasteiger partial charge in [-0.25, -0.2) is 0 Å². The number of fused-ring (bicyclic) bond motifs is 12. The Balaban J connectivity index is 1.15. The molecule has 5 heteroatoms. The molecule has 0 saturated heterocycles. The topological polar surface area (TPSA) is 32.8 Å². The summed E-state index contributed by atoms with van der Waals surface area (Å²) >= 11 is 0. The highest BCUT2D eigenvalue weighted by atomic mass is 16.4. The van der Waals surface area contributed by atoms with E-state index in [2.05, 4.69) is 157 Å². The van der Waals surface area contributed by atoms with Gasteiger partial charge in [0.2, 0.25) is 5.88 Å². The molecule has 58 heavy (non-hydrogen) atoms. The predicted octanol–water partition coefficient (Wildman–Crippen LogP) is 12.0. The average Bonchev–Trinajstić information content (AvgIpc) is 3.89. The summed E-state index contributed by atoms with van der Waals surface area (Å²) in [4.78, 5) is 5.05. The number of hydrogen-bond donors (Lipinski definition) is 0. The Kier molecular flexibility index (Phi) is 6.06. The van der Waals surface area contributed by atoms with Gasteiger partial charge in [-0.1, -0.05) is 98.8 Å². The molecule has 15 rings (SSSR count). The first kappa shape index (κ1) is 32.1. The Bertz CT molecular complexity index is 3010. The van der Waals surface area contributed by atoms with Crippen LogP contribution in [0, 0.1) is 17.8 Å². The zero-order chi connectivity index (χ0) is 38.1. The molecule has 4 fully saturated rings. The first-order valence-electron chi connectivity index (χ1n) is 21.6. The van der Waals surface area contributed by atoms with Crippen molar-refractivity contribution in [1.29, 1.82) is 0 Å². The second kappa shape index (κ2) is 11.0. The van der Waals surface area contributed by atoms with Crippen molar-refractivity contribution in [2.45, 2.75) is 63.2 Å². The summed E-state index contributed by atoms with van der Waals surface area (Å²) in [6.45, 7) is 4.60. The highest BCUT2D eigenvalue weighted by Gasteiger charge is 2.55. The fraction of sp³-hybridized carbons (Fsp3) is 0.245. The lowest BCUT2D eigenvalue weighted by molar-refractivity contribution is -0.00514. The average molecular weight is 751 g/mol. The maximum atomic E-state index is 7.44. The van der Waals surface area contributed by atoms with E-state index in [1.54, 1.807) is 0 Å². The quantitative estimate of drug-likeness (QED) is 0.168. The van der Waals surface area contributed by atoms with Gasteiger partial charge in [0.25, 0.3) is 0 Å². The zero-order valence-corrected chi connectivity index (χ0v) is 33.0. The summed E-state index contributed by atoms with van der Waals surface area (Å²) < 4.78 is 14.6. The van der Waals surface area contributed by atoms with Gasteiger partial charge in [-0.05, 0) is 144 Å². The molecule has 2 aromatic heterocycles. The third kappa shape index (κ3) is 3.98. The molecule has 280 valence electrons. The monoisotopic (exact) mass is 750 g/mol. The van der Waals surface area contributed by atoms with E-state index < -0.39 is 0 Å². The highest BCUT2D eigenvalue weighted by Crippen LogP contribution is 2.62. The van der Waals surface area contributed by atoms with Crippen LogP contribution in [0.1, 0.15) is 69.1 Å². The largest absolute Gasteiger partial charge is 0.468 e. The number of benzene rings is 6. The lowest BCUT2D eigenvalue weighted by Crippen LogP contribution is -2.61. The van der Waals surface area contributed by atoms with Crippen LogP contribution in [0.3, 0.4) is 0 Å². The van der Waals surface area contributed by atoms with E-state index in [1.807, 2.05) is 0 Å². The Hall–Kier alpha value is -5.94. The first-order valence-corrected chi connectivity index (χ1v) is 21.6. The molecule has 0 N–H and O–H groups in total. The van der Waals surface area contributed by atoms with Crippen LogP contribution >= 0.6 is 0 Å². The maximum Gasteiger partial charge on any atom is 0.302 e. The minimum atomic E-state index is -0.170. The lowest BCUT2D eigenvalue weighted by atomic mass is 9.35. The van der Waals surface area contributed by atoms with Gasteiger partial charge >= 0.3 is 6.71 Å². The summed E-state index contributed by atoms with van der Waals surface area (Å²) in [5.41, 5.74) is 18.2. The minimum absolute atomic E-state index is 0.137. The Labute approximate surface area is 339 Å². The van der Waals surface area contributed by atoms with E-state index in [4.69, 9.17) is 8.83 Å². The van der Waals surface area contributed by atoms with Gasteiger partial charge in [0.05, 0.1) is 16.7 Å². The Morgan fingerprint density at radius 1 is 0.586 bits per heavy atom. The second-order valence-electron chi connectivity index (χ2n) is 19.1. The van der Waals surface area contributed by atoms with Gasteiger partial charge in [-0.2, -0.15) is 0 Å². The number of para-hydroxylation sites is 3. The van der Waals surface area contributed by atoms with E-state index in [0.717, 1.165) is 57.2 Å². The molecule has 0 radical (unpaired) electrons. The van der Waals surface area contributed by atoms with E-state index in [1.165, 1.54) is 99.7 Å². The van der Waals surface area contributed by atoms with Gasteiger partial charge < -0.3 is 13.7 Å². The molecule has 4 heterocycles. The van der Waals surface area contributed by atoms with Crippen LogP contribution in [-0.2, 0) is 10.8 Å². The van der Waals surface area contributed by atoms with Crippen LogP contribution in [0.5, 0.6) is 0 Å². The number of anilines is 6. The number of furan rings is 2. The fourth-order valence-electron chi connectivity index (χ4n) is 13.7. The van der Waals surface area contributed by atoms with Gasteiger partial charge in [-0.15, -0.1) is 0 Å². The van der Waals surface area contributed by atoms with E-state index in [-0.39, 0.29) is 17.5 Å². The summed E-state index contributed by atoms with van der Waals surface area (Å²) in [5, 5.41) is 2.35. The van der Waals surface area contributed by atoms with Gasteiger partial charge in [0, 0.05) is 39.0 Å². The second-order valence-corrected chi connectivity index (χ2v) is 19.1. The molecule has 0 atom stereocenters. The molecule has 0 unspecified atom stereocenters. The van der Waals surface area contributed by atoms with E-state index >= 15 is 0 Å². The molecule has 7 aliphatic rings. The fourth-order valence-corrected chi connectivity index (χ4v) is 13.7. The standard InChI is InChI=1S/C53H43BN2O2/c1-52(2)39-19-11-9-17-37(39)45-40(52)21-22-44-46(45)49-50(57-44)54-47-38-18-10-12-20-43(38)58-51(47)56(36-15-7-4-8-16-36)42-27-34(53-28-31-23-32(29-53)25-33(24-31)30-53)26-41(48(42)54)55(49)35-13-5-3-6-14-35/h3-22,26-27,31-33H,23-25,28-30H2,1-2H3. The SMILES string of the molecule is CC1(C)c2ccccc2-c2c1ccc1oc3c(c21)N(c1ccccc1)c1cc(C24CC5CC(CC(C5)C2)C4)cc2c1B3c1c(oc3ccccc13)N2c1ccccc1. The van der Waals surface area contributed by atoms with Crippen molar-refractivity contribution in [2.24, 2.45) is 17.8 Å². The third-order valence-corrected chi connectivity index (χ3v) is 15.6. The van der Waals surface area contributed by atoms with Crippen LogP contribution in [-0.4, -0.2) is 6.71 Å². The Morgan fingerprint density at radius 2 is 1.21 bits per heavy atom. The van der Waals surface area contributed by atoms with Gasteiger partial charge in [0.1, 0.15) is 11.2 Å². The maximum absolute atomic E-state index is 7.44. The molecule has 0 amide bonds. The Morgan fingerprint density at radius 3 is 1.93 bits per heavy atom. The molecule has 4 nitrogen and oxygen atoms in total. The van der Waals surface area contributed by atoms with Crippen LogP contribution in [0.25, 0.3) is 33.1 Å². The molecular formula is C53H43BN2O2. The minimum Gasteiger partial charge on any atom is -0.468 e. The van der Waals surface area contributed by atoms with Gasteiger partial charge in [0.15, 0.2) is 0 Å². The normalized spacial score (nSPS) is 23.9. The molecule has 2 aliphatic heterocycles. The molecule has 6 aromatic carbocycles. The molecule has 4 bridgehead atoms. The van der Waals surface area contributed by atoms with Crippen molar-refractivity contribution < 1.29 is 8.83 Å². The molecule has 8 aromatic rings. The smallest absolute Gasteiger partial charge is 0.302 e. The highest BCUT2D eigenvalue weighted by molar-refractivity contribution is 7.01. The van der Waals surface area contributed by atoms with E-state index in [0.29, 0.717) is 0 Å². The summed E-state index contributed by atoms with van der Waals surface area (Å²) in [5.74, 6) is 3.40. The van der Waals surface area contributed by atoms with E-state index in [9.17, 15) is 0 Å². The van der Waals surface area contributed by atoms with Crippen molar-refractivity contribution in [1.82, 2.24) is 0 Å². The summed E-state index contributed by atoms with van der Waals surface area (Å²) in [6, 6.07) is 49.6. The molecule has 0 spiro atoms. The third-order valence-electron chi connectivity index (χ3n) is 15.6. The van der Waals surface area contributed by atoms with Crippen molar-refractivity contribution in [3.05, 3.63) is 150 Å². The molecular weight excluding hydrogens is 707 g/mol. The van der Waals surface area contributed by atoms with Gasteiger partial charge in [-0.3, -0.25) is 4.90 Å². The summed E-state index contributed by atoms with van der Waals surface area (Å²) in [7, 11) is 0. The predicted molar refractivity (Wildman–Crippen MR) is 237 cm³/mol. The van der Waals surface area contributed by atoms with Crippen LogP contribution in [0.2, 0.25) is 0 Å². The number of rotatable bonds is 3. The van der Waals surface area contributed by atoms with Crippen LogP contribution in [0.15, 0.2) is 142 Å². The van der Waals surface area contributed by atoms with Crippen molar-refractivity contribution >= 4 is 79.6 Å². The summed E-state index contributed by atoms with van der Waals surface area (Å²) in [6.07, 6.45) is 8.15. The van der Waals surface area contributed by atoms with Crippen molar-refractivity contribution in [2.75, 3.05) is 9.80 Å². The number of nitrogens with zero attached hydrogens (tertiary/aromatic N) is 2. The van der Waals surface area contributed by atoms with Crippen LogP contribution in [0.4, 0.5) is 34.3 Å². The van der Waals surface area contributed by atoms with Crippen molar-refractivity contribution in [3.8, 4) is 11.1 Å². The number of hydrogen-bond acceptors (Lipinski definition) is 4. The lowest BCUT2D eigenvalue weighted by Gasteiger charge is -2.57. The molecule has 5 aliphatic carbocycles. The van der Waals surface area contributed by atoms with Crippen molar-refractivity contribution in [3.63, 3.8) is 0 Å². The van der Waals surface area contributed by atoms with Crippen LogP contribution < -0.4 is 26.4 Å². The zero-order valence-electron chi connectivity index (χ0n) is 33.0. The molecule has 4 saturated carbocycles. The first-order chi connectivity index (χ1) is 28.4.